The molecule has 5 heteroatoms. The van der Waals surface area contributed by atoms with Crippen molar-refractivity contribution >= 4 is 23.5 Å². The van der Waals surface area contributed by atoms with Gasteiger partial charge in [0, 0.05) is 12.1 Å². The minimum absolute atomic E-state index is 0.167. The highest BCUT2D eigenvalue weighted by Crippen LogP contribution is 2.40. The number of benzene rings is 3. The first-order chi connectivity index (χ1) is 13.0. The highest BCUT2D eigenvalue weighted by molar-refractivity contribution is 6.30. The van der Waals surface area contributed by atoms with Crippen LogP contribution in [0, 0.1) is 0 Å². The molecular weight excluding hydrogens is 358 g/mol. The van der Waals surface area contributed by atoms with Crippen molar-refractivity contribution < 1.29 is 4.79 Å². The van der Waals surface area contributed by atoms with Crippen LogP contribution in [0.3, 0.4) is 0 Å². The van der Waals surface area contributed by atoms with E-state index in [1.165, 1.54) is 4.90 Å². The number of guanidine groups is 1. The molecule has 1 aliphatic rings. The van der Waals surface area contributed by atoms with Crippen LogP contribution in [0.1, 0.15) is 11.1 Å². The van der Waals surface area contributed by atoms with Crippen LogP contribution in [0.5, 0.6) is 0 Å². The van der Waals surface area contributed by atoms with E-state index in [-0.39, 0.29) is 11.9 Å². The van der Waals surface area contributed by atoms with Gasteiger partial charge in [-0.15, -0.1) is 0 Å². The molecule has 2 N–H and O–H groups in total. The first-order valence-corrected chi connectivity index (χ1v) is 8.95. The zero-order valence-electron chi connectivity index (χ0n) is 14.8. The third-order valence-corrected chi connectivity index (χ3v) is 5.14. The minimum Gasteiger partial charge on any atom is -0.369 e. The van der Waals surface area contributed by atoms with Crippen molar-refractivity contribution in [1.82, 2.24) is 4.90 Å². The maximum absolute atomic E-state index is 13.2. The van der Waals surface area contributed by atoms with Crippen LogP contribution in [0.4, 0.5) is 0 Å². The van der Waals surface area contributed by atoms with Gasteiger partial charge < -0.3 is 5.73 Å². The normalized spacial score (nSPS) is 19.3. The number of hydrogen-bond donors (Lipinski definition) is 1. The molecule has 4 nitrogen and oxygen atoms in total. The Morgan fingerprint density at radius 1 is 0.889 bits per heavy atom. The highest BCUT2D eigenvalue weighted by atomic mass is 35.5. The summed E-state index contributed by atoms with van der Waals surface area (Å²) in [5, 5.41) is 0.681. The van der Waals surface area contributed by atoms with Gasteiger partial charge in [0.05, 0.1) is 0 Å². The number of carbonyl (C=O) groups excluding carboxylic acids is 1. The van der Waals surface area contributed by atoms with Gasteiger partial charge in [-0.25, -0.2) is 4.99 Å². The van der Waals surface area contributed by atoms with Gasteiger partial charge in [0.1, 0.15) is 0 Å². The standard InChI is InChI=1S/C22H18ClN3O/c1-26-20(27)22(25-21(26)24,17-7-3-2-4-8-17)18-9-5-6-16(14-18)15-10-12-19(23)13-11-15/h2-14H,1H3,(H2,24,25). The van der Waals surface area contributed by atoms with Gasteiger partial charge in [0.25, 0.3) is 5.91 Å². The fourth-order valence-electron chi connectivity index (χ4n) is 3.43. The van der Waals surface area contributed by atoms with Gasteiger partial charge in [0.15, 0.2) is 11.5 Å². The number of aliphatic imine (C=N–C) groups is 1. The Hall–Kier alpha value is -3.11. The largest absolute Gasteiger partial charge is 0.369 e. The Morgan fingerprint density at radius 3 is 2.19 bits per heavy atom. The number of halogens is 1. The predicted molar refractivity (Wildman–Crippen MR) is 109 cm³/mol. The molecule has 1 atom stereocenters. The van der Waals surface area contributed by atoms with Crippen LogP contribution in [0.25, 0.3) is 11.1 Å². The molecule has 0 fully saturated rings. The number of carbonyl (C=O) groups is 1. The lowest BCUT2D eigenvalue weighted by atomic mass is 9.82. The Balaban J connectivity index is 1.92. The maximum atomic E-state index is 13.2. The third kappa shape index (κ3) is 2.78. The SMILES string of the molecule is CN1C(=O)C(c2ccccc2)(c2cccc(-c3ccc(Cl)cc3)c2)N=C1N. The van der Waals surface area contributed by atoms with Gasteiger partial charge >= 0.3 is 0 Å². The topological polar surface area (TPSA) is 58.7 Å². The molecule has 1 heterocycles. The summed E-state index contributed by atoms with van der Waals surface area (Å²) in [5.74, 6) is 0.0419. The zero-order valence-corrected chi connectivity index (χ0v) is 15.5. The fraction of sp³-hybridized carbons (Fsp3) is 0.0909. The van der Waals surface area contributed by atoms with E-state index in [1.807, 2.05) is 78.9 Å². The van der Waals surface area contributed by atoms with Crippen molar-refractivity contribution in [2.45, 2.75) is 5.54 Å². The molecule has 134 valence electrons. The molecule has 0 saturated heterocycles. The van der Waals surface area contributed by atoms with Crippen molar-refractivity contribution in [3.8, 4) is 11.1 Å². The summed E-state index contributed by atoms with van der Waals surface area (Å²) >= 11 is 6.01. The molecule has 0 radical (unpaired) electrons. The summed E-state index contributed by atoms with van der Waals surface area (Å²) in [6, 6.07) is 25.0. The Morgan fingerprint density at radius 2 is 1.56 bits per heavy atom. The molecule has 4 rings (SSSR count). The molecule has 27 heavy (non-hydrogen) atoms. The van der Waals surface area contributed by atoms with Crippen molar-refractivity contribution in [2.24, 2.45) is 10.7 Å². The second-order valence-electron chi connectivity index (χ2n) is 6.50. The van der Waals surface area contributed by atoms with Gasteiger partial charge in [-0.3, -0.25) is 9.69 Å². The van der Waals surface area contributed by atoms with Crippen molar-refractivity contribution in [1.29, 1.82) is 0 Å². The van der Waals surface area contributed by atoms with Gasteiger partial charge in [-0.1, -0.05) is 72.3 Å². The first-order valence-electron chi connectivity index (χ1n) is 8.58. The second kappa shape index (κ2) is 6.56. The minimum atomic E-state index is -1.18. The quantitative estimate of drug-likeness (QED) is 0.751. The lowest BCUT2D eigenvalue weighted by Crippen LogP contribution is -2.41. The summed E-state index contributed by atoms with van der Waals surface area (Å²) in [6.07, 6.45) is 0. The molecule has 1 amide bonds. The van der Waals surface area contributed by atoms with Crippen LogP contribution in [-0.4, -0.2) is 23.8 Å². The monoisotopic (exact) mass is 375 g/mol. The summed E-state index contributed by atoms with van der Waals surface area (Å²) < 4.78 is 0. The van der Waals surface area contributed by atoms with Gasteiger partial charge in [-0.2, -0.15) is 0 Å². The molecular formula is C22H18ClN3O. The lowest BCUT2D eigenvalue weighted by molar-refractivity contribution is -0.129. The molecule has 0 saturated carbocycles. The van der Waals surface area contributed by atoms with E-state index < -0.39 is 5.54 Å². The van der Waals surface area contributed by atoms with Crippen LogP contribution in [-0.2, 0) is 10.3 Å². The van der Waals surface area contributed by atoms with E-state index >= 15 is 0 Å². The Kier molecular flexibility index (Phi) is 4.21. The van der Waals surface area contributed by atoms with E-state index in [4.69, 9.17) is 17.3 Å². The lowest BCUT2D eigenvalue weighted by Gasteiger charge is -2.26. The number of hydrogen-bond acceptors (Lipinski definition) is 3. The second-order valence-corrected chi connectivity index (χ2v) is 6.93. The first kappa shape index (κ1) is 17.3. The predicted octanol–water partition coefficient (Wildman–Crippen LogP) is 4.04. The van der Waals surface area contributed by atoms with E-state index in [0.29, 0.717) is 5.02 Å². The third-order valence-electron chi connectivity index (χ3n) is 4.89. The molecule has 1 aliphatic heterocycles. The molecule has 0 aliphatic carbocycles. The average molecular weight is 376 g/mol. The number of nitrogens with zero attached hydrogens (tertiary/aromatic N) is 2. The zero-order chi connectivity index (χ0) is 19.0. The van der Waals surface area contributed by atoms with Gasteiger partial charge in [-0.05, 0) is 40.5 Å². The van der Waals surface area contributed by atoms with Crippen LogP contribution >= 0.6 is 11.6 Å². The number of rotatable bonds is 3. The van der Waals surface area contributed by atoms with Crippen molar-refractivity contribution in [3.63, 3.8) is 0 Å². The van der Waals surface area contributed by atoms with Crippen LogP contribution < -0.4 is 5.73 Å². The summed E-state index contributed by atoms with van der Waals surface area (Å²) in [6.45, 7) is 0. The maximum Gasteiger partial charge on any atom is 0.266 e. The number of likely N-dealkylation sites (N-methyl/N-ethyl adjacent to an activating group) is 1. The van der Waals surface area contributed by atoms with E-state index in [9.17, 15) is 4.79 Å². The molecule has 0 bridgehead atoms. The number of nitrogens with two attached hydrogens (primary N) is 1. The van der Waals surface area contributed by atoms with Crippen LogP contribution in [0.2, 0.25) is 5.02 Å². The molecule has 1 unspecified atom stereocenters. The van der Waals surface area contributed by atoms with Crippen molar-refractivity contribution in [2.75, 3.05) is 7.05 Å². The van der Waals surface area contributed by atoms with Crippen LogP contribution in [0.15, 0.2) is 83.9 Å². The molecule has 0 spiro atoms. The molecule has 3 aromatic carbocycles. The van der Waals surface area contributed by atoms with E-state index in [1.54, 1.807) is 7.05 Å². The van der Waals surface area contributed by atoms with E-state index in [2.05, 4.69) is 4.99 Å². The van der Waals surface area contributed by atoms with Crippen molar-refractivity contribution in [3.05, 3.63) is 95.0 Å². The molecule has 0 aromatic heterocycles. The summed E-state index contributed by atoms with van der Waals surface area (Å²) in [7, 11) is 1.65. The average Bonchev–Trinajstić information content (AvgIpc) is 2.94. The summed E-state index contributed by atoms with van der Waals surface area (Å²) in [4.78, 5) is 19.3. The van der Waals surface area contributed by atoms with Gasteiger partial charge in [0.2, 0.25) is 0 Å². The molecule has 3 aromatic rings. The number of amides is 1. The Labute approximate surface area is 162 Å². The summed E-state index contributed by atoms with van der Waals surface area (Å²) in [5.41, 5.74) is 8.41. The van der Waals surface area contributed by atoms with E-state index in [0.717, 1.165) is 22.3 Å². The Bertz CT molecular complexity index is 1030. The fourth-order valence-corrected chi connectivity index (χ4v) is 3.56. The highest BCUT2D eigenvalue weighted by Gasteiger charge is 2.49. The smallest absolute Gasteiger partial charge is 0.266 e.